The molecule has 0 unspecified atom stereocenters. The van der Waals surface area contributed by atoms with Crippen molar-refractivity contribution in [3.8, 4) is 0 Å². The minimum atomic E-state index is -0.807. The zero-order valence-electron chi connectivity index (χ0n) is 16.6. The van der Waals surface area contributed by atoms with Crippen molar-refractivity contribution in [2.24, 2.45) is 0 Å². The first kappa shape index (κ1) is 24.3. The molecule has 0 spiro atoms. The van der Waals surface area contributed by atoms with E-state index in [1.165, 1.54) is 0 Å². The first-order chi connectivity index (χ1) is 13.4. The molecule has 6 nitrogen and oxygen atoms in total. The van der Waals surface area contributed by atoms with Gasteiger partial charge in [0.25, 0.3) is 0 Å². The number of aliphatic hydroxyl groups excluding tert-OH is 3. The third-order valence-corrected chi connectivity index (χ3v) is 4.42. The third-order valence-electron chi connectivity index (χ3n) is 4.42. The molecular formula is C22H34O6. The van der Waals surface area contributed by atoms with Crippen molar-refractivity contribution in [3.05, 3.63) is 48.6 Å². The van der Waals surface area contributed by atoms with Gasteiger partial charge in [-0.2, -0.15) is 0 Å². The van der Waals surface area contributed by atoms with E-state index in [2.05, 4.69) is 0 Å². The van der Waals surface area contributed by atoms with Gasteiger partial charge in [-0.05, 0) is 32.1 Å². The number of ether oxygens (including phenoxy) is 1. The van der Waals surface area contributed by atoms with Gasteiger partial charge in [-0.25, -0.2) is 0 Å². The Morgan fingerprint density at radius 3 is 2.54 bits per heavy atom. The van der Waals surface area contributed by atoms with E-state index < -0.39 is 36.5 Å². The van der Waals surface area contributed by atoms with Crippen LogP contribution in [0.4, 0.5) is 0 Å². The van der Waals surface area contributed by atoms with Crippen LogP contribution in [0.2, 0.25) is 0 Å². The van der Waals surface area contributed by atoms with Crippen LogP contribution in [0.25, 0.3) is 0 Å². The second kappa shape index (κ2) is 14.3. The summed E-state index contributed by atoms with van der Waals surface area (Å²) in [5.74, 6) is -0.807. The van der Waals surface area contributed by atoms with Crippen LogP contribution < -0.4 is 0 Å². The second-order valence-corrected chi connectivity index (χ2v) is 6.92. The highest BCUT2D eigenvalue weighted by atomic mass is 16.5. The maximum Gasteiger partial charge on any atom is 0.303 e. The van der Waals surface area contributed by atoms with E-state index in [1.54, 1.807) is 12.2 Å². The van der Waals surface area contributed by atoms with Gasteiger partial charge in [-0.1, -0.05) is 55.5 Å². The smallest absolute Gasteiger partial charge is 0.303 e. The van der Waals surface area contributed by atoms with Crippen molar-refractivity contribution in [2.45, 2.75) is 82.4 Å². The fraction of sp³-hybridized carbons (Fsp3) is 0.591. The summed E-state index contributed by atoms with van der Waals surface area (Å²) in [4.78, 5) is 10.4. The number of hydrogen-bond acceptors (Lipinski definition) is 5. The highest BCUT2D eigenvalue weighted by Crippen LogP contribution is 2.25. The second-order valence-electron chi connectivity index (χ2n) is 6.92. The van der Waals surface area contributed by atoms with E-state index in [4.69, 9.17) is 9.84 Å². The van der Waals surface area contributed by atoms with Gasteiger partial charge in [0, 0.05) is 12.8 Å². The van der Waals surface area contributed by atoms with Crippen LogP contribution >= 0.6 is 0 Å². The van der Waals surface area contributed by atoms with Crippen LogP contribution in [0, 0.1) is 0 Å². The van der Waals surface area contributed by atoms with Gasteiger partial charge < -0.3 is 25.2 Å². The molecule has 1 aliphatic heterocycles. The Morgan fingerprint density at radius 1 is 1.11 bits per heavy atom. The Bertz CT molecular complexity index is 551. The molecule has 0 saturated carbocycles. The summed E-state index contributed by atoms with van der Waals surface area (Å²) >= 11 is 0. The molecule has 5 atom stereocenters. The quantitative estimate of drug-likeness (QED) is 0.358. The number of carboxylic acid groups (broad SMARTS) is 1. The topological polar surface area (TPSA) is 107 Å². The summed E-state index contributed by atoms with van der Waals surface area (Å²) in [5.41, 5.74) is 0. The molecule has 1 saturated heterocycles. The number of allylic oxidation sites excluding steroid dienone is 4. The van der Waals surface area contributed by atoms with Crippen molar-refractivity contribution >= 4 is 5.97 Å². The van der Waals surface area contributed by atoms with Gasteiger partial charge in [-0.3, -0.25) is 4.79 Å². The van der Waals surface area contributed by atoms with E-state index in [9.17, 15) is 20.1 Å². The molecule has 4 N–H and O–H groups in total. The lowest BCUT2D eigenvalue weighted by Gasteiger charge is -2.16. The van der Waals surface area contributed by atoms with Crippen LogP contribution in [0.15, 0.2) is 48.6 Å². The Kier molecular flexibility index (Phi) is 12.4. The number of aliphatic hydroxyl groups is 3. The lowest BCUT2D eigenvalue weighted by atomic mass is 10.0. The molecule has 0 amide bonds. The van der Waals surface area contributed by atoms with Crippen LogP contribution in [-0.2, 0) is 9.53 Å². The summed E-state index contributed by atoms with van der Waals surface area (Å²) in [6.45, 7) is 2.03. The van der Waals surface area contributed by atoms with E-state index in [0.29, 0.717) is 32.1 Å². The van der Waals surface area contributed by atoms with Gasteiger partial charge in [0.05, 0.1) is 24.4 Å². The van der Waals surface area contributed by atoms with E-state index in [0.717, 1.165) is 6.42 Å². The summed E-state index contributed by atoms with van der Waals surface area (Å²) in [6, 6.07) is 0. The number of carbonyl (C=O) groups is 1. The third kappa shape index (κ3) is 10.6. The number of aliphatic carboxylic acids is 1. The van der Waals surface area contributed by atoms with Gasteiger partial charge in [0.1, 0.15) is 6.10 Å². The van der Waals surface area contributed by atoms with Gasteiger partial charge in [-0.15, -0.1) is 0 Å². The number of carboxylic acids is 1. The largest absolute Gasteiger partial charge is 0.481 e. The highest BCUT2D eigenvalue weighted by Gasteiger charge is 2.35. The number of rotatable bonds is 13. The molecule has 0 aromatic rings. The van der Waals surface area contributed by atoms with E-state index >= 15 is 0 Å². The first-order valence-corrected chi connectivity index (χ1v) is 9.98. The minimum absolute atomic E-state index is 0.127. The molecule has 0 bridgehead atoms. The predicted octanol–water partition coefficient (Wildman–Crippen LogP) is 2.90. The Balaban J connectivity index is 2.31. The molecule has 1 fully saturated rings. The van der Waals surface area contributed by atoms with Crippen LogP contribution in [0.5, 0.6) is 0 Å². The maximum atomic E-state index is 10.4. The Morgan fingerprint density at radius 2 is 1.82 bits per heavy atom. The SMILES string of the molecule is CC/C=C\C[C@@H](O)/C=C/[C@@H]1O[C@H]([C@H](O)C/C=C\C/C=C\CCC(=O)O)C[C@H]1O. The monoisotopic (exact) mass is 394 g/mol. The van der Waals surface area contributed by atoms with E-state index in [1.807, 2.05) is 43.4 Å². The molecule has 1 aliphatic rings. The fourth-order valence-corrected chi connectivity index (χ4v) is 2.84. The predicted molar refractivity (Wildman–Crippen MR) is 109 cm³/mol. The molecule has 0 aromatic heterocycles. The number of hydrogen-bond donors (Lipinski definition) is 4. The standard InChI is InChI=1S/C22H34O6/c1-2-3-8-11-17(23)14-15-20-19(25)16-21(28-20)18(24)12-9-6-4-5-7-10-13-22(26)27/h3,5-9,14-15,17-21,23-25H,2,4,10-13,16H2,1H3,(H,26,27)/b7-5-,8-3-,9-6-,15-14+/t17-,18-,19-,20+,21+/m1/s1. The molecule has 1 rings (SSSR count). The zero-order chi connectivity index (χ0) is 20.8. The lowest BCUT2D eigenvalue weighted by molar-refractivity contribution is -0.136. The summed E-state index contributed by atoms with van der Waals surface area (Å²) in [7, 11) is 0. The highest BCUT2D eigenvalue weighted by molar-refractivity contribution is 5.66. The van der Waals surface area contributed by atoms with Gasteiger partial charge >= 0.3 is 5.97 Å². The van der Waals surface area contributed by atoms with Gasteiger partial charge in [0.15, 0.2) is 0 Å². The van der Waals surface area contributed by atoms with Crippen LogP contribution in [0.1, 0.15) is 51.9 Å². The molecule has 0 aromatic carbocycles. The van der Waals surface area contributed by atoms with Gasteiger partial charge in [0.2, 0.25) is 0 Å². The van der Waals surface area contributed by atoms with Crippen molar-refractivity contribution in [1.29, 1.82) is 0 Å². The lowest BCUT2D eigenvalue weighted by Crippen LogP contribution is -2.25. The molecule has 1 heterocycles. The van der Waals surface area contributed by atoms with Crippen LogP contribution in [0.3, 0.4) is 0 Å². The molecule has 0 aliphatic carbocycles. The molecular weight excluding hydrogens is 360 g/mol. The minimum Gasteiger partial charge on any atom is -0.481 e. The van der Waals surface area contributed by atoms with Crippen molar-refractivity contribution in [1.82, 2.24) is 0 Å². The summed E-state index contributed by atoms with van der Waals surface area (Å²) in [6.07, 6.45) is 15.2. The molecule has 0 radical (unpaired) electrons. The molecule has 28 heavy (non-hydrogen) atoms. The average Bonchev–Trinajstić information content (AvgIpc) is 3.03. The first-order valence-electron chi connectivity index (χ1n) is 9.98. The average molecular weight is 395 g/mol. The van der Waals surface area contributed by atoms with Crippen molar-refractivity contribution < 1.29 is 30.0 Å². The Hall–Kier alpha value is -1.73. The van der Waals surface area contributed by atoms with Crippen molar-refractivity contribution in [3.63, 3.8) is 0 Å². The maximum absolute atomic E-state index is 10.4. The fourth-order valence-electron chi connectivity index (χ4n) is 2.84. The van der Waals surface area contributed by atoms with E-state index in [-0.39, 0.29) is 6.42 Å². The summed E-state index contributed by atoms with van der Waals surface area (Å²) < 4.78 is 5.72. The normalized spacial score (nSPS) is 25.5. The molecule has 158 valence electrons. The van der Waals surface area contributed by atoms with Crippen molar-refractivity contribution in [2.75, 3.05) is 0 Å². The molecule has 6 heteroatoms. The van der Waals surface area contributed by atoms with Crippen LogP contribution in [-0.4, -0.2) is 56.9 Å². The Labute approximate surface area is 167 Å². The summed E-state index contributed by atoms with van der Waals surface area (Å²) in [5, 5.41) is 38.8. The zero-order valence-corrected chi connectivity index (χ0v) is 16.6.